The van der Waals surface area contributed by atoms with Crippen molar-refractivity contribution in [3.05, 3.63) is 23.8 Å². The van der Waals surface area contributed by atoms with Gasteiger partial charge < -0.3 is 14.8 Å². The summed E-state index contributed by atoms with van der Waals surface area (Å²) in [7, 11) is 1.38. The van der Waals surface area contributed by atoms with Crippen LogP contribution in [0.3, 0.4) is 0 Å². The summed E-state index contributed by atoms with van der Waals surface area (Å²) < 4.78 is 10.1. The Kier molecular flexibility index (Phi) is 3.46. The van der Waals surface area contributed by atoms with Gasteiger partial charge in [0.2, 0.25) is 0 Å². The average Bonchev–Trinajstić information content (AvgIpc) is 2.36. The van der Waals surface area contributed by atoms with Crippen molar-refractivity contribution in [1.29, 1.82) is 0 Å². The predicted octanol–water partition coefficient (Wildman–Crippen LogP) is 1.76. The van der Waals surface area contributed by atoms with Gasteiger partial charge in [-0.1, -0.05) is 6.07 Å². The molecule has 1 aliphatic rings. The Hall–Kier alpha value is -2.04. The summed E-state index contributed by atoms with van der Waals surface area (Å²) >= 11 is 0. The van der Waals surface area contributed by atoms with Crippen molar-refractivity contribution in [3.8, 4) is 5.75 Å². The standard InChI is InChI=1S/C14H17NO4/c1-14(2,13(17)18-3)7-9-4-5-11-10(6-9)15-12(16)8-19-11/h4-6H,7-8H2,1-3H3,(H,15,16). The minimum absolute atomic E-state index is 0.0417. The molecule has 102 valence electrons. The largest absolute Gasteiger partial charge is 0.482 e. The second kappa shape index (κ2) is 4.91. The number of anilines is 1. The molecule has 1 aromatic carbocycles. The molecule has 0 radical (unpaired) electrons. The molecule has 0 unspecified atom stereocenters. The van der Waals surface area contributed by atoms with E-state index in [4.69, 9.17) is 9.47 Å². The summed E-state index contributed by atoms with van der Waals surface area (Å²) in [5.74, 6) is 0.224. The van der Waals surface area contributed by atoms with E-state index in [1.807, 2.05) is 26.0 Å². The van der Waals surface area contributed by atoms with Gasteiger partial charge in [-0.25, -0.2) is 0 Å². The van der Waals surface area contributed by atoms with Crippen LogP contribution in [0.5, 0.6) is 5.75 Å². The van der Waals surface area contributed by atoms with E-state index in [0.717, 1.165) is 5.56 Å². The Morgan fingerprint density at radius 2 is 2.21 bits per heavy atom. The maximum atomic E-state index is 11.7. The van der Waals surface area contributed by atoms with Gasteiger partial charge in [-0.05, 0) is 38.0 Å². The molecule has 5 nitrogen and oxygen atoms in total. The van der Waals surface area contributed by atoms with Crippen LogP contribution in [0.1, 0.15) is 19.4 Å². The zero-order chi connectivity index (χ0) is 14.0. The number of rotatable bonds is 3. The van der Waals surface area contributed by atoms with Crippen LogP contribution in [0, 0.1) is 5.41 Å². The van der Waals surface area contributed by atoms with E-state index in [2.05, 4.69) is 5.32 Å². The van der Waals surface area contributed by atoms with Gasteiger partial charge in [0.15, 0.2) is 6.61 Å². The first-order valence-electron chi connectivity index (χ1n) is 6.06. The van der Waals surface area contributed by atoms with Crippen molar-refractivity contribution in [3.63, 3.8) is 0 Å². The topological polar surface area (TPSA) is 64.6 Å². The van der Waals surface area contributed by atoms with Crippen molar-refractivity contribution in [2.45, 2.75) is 20.3 Å². The maximum absolute atomic E-state index is 11.7. The number of esters is 1. The molecule has 5 heteroatoms. The zero-order valence-electron chi connectivity index (χ0n) is 11.3. The first kappa shape index (κ1) is 13.4. The third-order valence-electron chi connectivity index (χ3n) is 3.06. The molecule has 1 aromatic rings. The van der Waals surface area contributed by atoms with Gasteiger partial charge in [0.25, 0.3) is 5.91 Å². The van der Waals surface area contributed by atoms with Gasteiger partial charge in [0.05, 0.1) is 18.2 Å². The fourth-order valence-electron chi connectivity index (χ4n) is 2.10. The molecule has 2 rings (SSSR count). The van der Waals surface area contributed by atoms with Gasteiger partial charge in [-0.2, -0.15) is 0 Å². The molecule has 0 bridgehead atoms. The minimum Gasteiger partial charge on any atom is -0.482 e. The second-order valence-corrected chi connectivity index (χ2v) is 5.22. The molecule has 0 aliphatic carbocycles. The third-order valence-corrected chi connectivity index (χ3v) is 3.06. The summed E-state index contributed by atoms with van der Waals surface area (Å²) in [6.45, 7) is 3.70. The Balaban J connectivity index is 2.21. The molecule has 1 amide bonds. The smallest absolute Gasteiger partial charge is 0.311 e. The Morgan fingerprint density at radius 1 is 1.47 bits per heavy atom. The van der Waals surface area contributed by atoms with Crippen molar-refractivity contribution >= 4 is 17.6 Å². The number of ether oxygens (including phenoxy) is 2. The van der Waals surface area contributed by atoms with E-state index in [0.29, 0.717) is 17.9 Å². The summed E-state index contributed by atoms with van der Waals surface area (Å²) in [6.07, 6.45) is 0.531. The lowest BCUT2D eigenvalue weighted by Crippen LogP contribution is -2.28. The highest BCUT2D eigenvalue weighted by Crippen LogP contribution is 2.31. The summed E-state index contributed by atoms with van der Waals surface area (Å²) in [5, 5.41) is 2.75. The predicted molar refractivity (Wildman–Crippen MR) is 70.1 cm³/mol. The van der Waals surface area contributed by atoms with Crippen LogP contribution in [-0.2, 0) is 20.7 Å². The van der Waals surface area contributed by atoms with E-state index in [9.17, 15) is 9.59 Å². The van der Waals surface area contributed by atoms with Crippen molar-refractivity contribution in [2.75, 3.05) is 19.0 Å². The number of carbonyl (C=O) groups is 2. The Morgan fingerprint density at radius 3 is 2.89 bits per heavy atom. The maximum Gasteiger partial charge on any atom is 0.311 e. The highest BCUT2D eigenvalue weighted by Gasteiger charge is 2.29. The summed E-state index contributed by atoms with van der Waals surface area (Å²) in [5.41, 5.74) is 0.983. The van der Waals surface area contributed by atoms with Gasteiger partial charge >= 0.3 is 5.97 Å². The van der Waals surface area contributed by atoms with E-state index in [-0.39, 0.29) is 18.5 Å². The molecule has 0 spiro atoms. The number of benzene rings is 1. The van der Waals surface area contributed by atoms with Crippen LogP contribution in [-0.4, -0.2) is 25.6 Å². The van der Waals surface area contributed by atoms with E-state index >= 15 is 0 Å². The molecule has 0 fully saturated rings. The molecule has 1 aliphatic heterocycles. The molecule has 19 heavy (non-hydrogen) atoms. The molecule has 0 atom stereocenters. The second-order valence-electron chi connectivity index (χ2n) is 5.22. The Bertz CT molecular complexity index is 522. The third kappa shape index (κ3) is 2.86. The van der Waals surface area contributed by atoms with Crippen LogP contribution in [0.2, 0.25) is 0 Å². The van der Waals surface area contributed by atoms with Gasteiger partial charge in [0.1, 0.15) is 5.75 Å². The fourth-order valence-corrected chi connectivity index (χ4v) is 2.10. The molecule has 1 N–H and O–H groups in total. The Labute approximate surface area is 111 Å². The van der Waals surface area contributed by atoms with Crippen LogP contribution in [0.25, 0.3) is 0 Å². The van der Waals surface area contributed by atoms with E-state index < -0.39 is 5.41 Å². The number of hydrogen-bond acceptors (Lipinski definition) is 4. The van der Waals surface area contributed by atoms with Crippen LogP contribution < -0.4 is 10.1 Å². The molecule has 0 aromatic heterocycles. The highest BCUT2D eigenvalue weighted by molar-refractivity contribution is 5.95. The average molecular weight is 263 g/mol. The number of fused-ring (bicyclic) bond motifs is 1. The van der Waals surface area contributed by atoms with Crippen molar-refractivity contribution < 1.29 is 19.1 Å². The molecular formula is C14H17NO4. The van der Waals surface area contributed by atoms with Gasteiger partial charge in [-0.15, -0.1) is 0 Å². The molecule has 0 saturated carbocycles. The monoisotopic (exact) mass is 263 g/mol. The molecule has 0 saturated heterocycles. The van der Waals surface area contributed by atoms with Crippen LogP contribution >= 0.6 is 0 Å². The lowest BCUT2D eigenvalue weighted by molar-refractivity contribution is -0.150. The first-order chi connectivity index (χ1) is 8.92. The van der Waals surface area contributed by atoms with Crippen LogP contribution in [0.15, 0.2) is 18.2 Å². The number of methoxy groups -OCH3 is 1. The highest BCUT2D eigenvalue weighted by atomic mass is 16.5. The van der Waals surface area contributed by atoms with Gasteiger partial charge in [-0.3, -0.25) is 9.59 Å². The van der Waals surface area contributed by atoms with Crippen LogP contribution in [0.4, 0.5) is 5.69 Å². The minimum atomic E-state index is -0.609. The zero-order valence-corrected chi connectivity index (χ0v) is 11.3. The fraction of sp³-hybridized carbons (Fsp3) is 0.429. The van der Waals surface area contributed by atoms with Crippen molar-refractivity contribution in [1.82, 2.24) is 0 Å². The normalized spacial score (nSPS) is 14.2. The summed E-state index contributed by atoms with van der Waals surface area (Å²) in [6, 6.07) is 5.52. The number of nitrogens with one attached hydrogen (secondary N) is 1. The SMILES string of the molecule is COC(=O)C(C)(C)Cc1ccc2c(c1)NC(=O)CO2. The molecular weight excluding hydrogens is 246 g/mol. The number of carbonyl (C=O) groups excluding carboxylic acids is 2. The summed E-state index contributed by atoms with van der Waals surface area (Å²) in [4.78, 5) is 22.9. The lowest BCUT2D eigenvalue weighted by atomic mass is 9.85. The quantitative estimate of drug-likeness (QED) is 0.844. The first-order valence-corrected chi connectivity index (χ1v) is 6.06. The number of amides is 1. The van der Waals surface area contributed by atoms with E-state index in [1.165, 1.54) is 7.11 Å². The van der Waals surface area contributed by atoms with Crippen molar-refractivity contribution in [2.24, 2.45) is 5.41 Å². The number of hydrogen-bond donors (Lipinski definition) is 1. The van der Waals surface area contributed by atoms with E-state index in [1.54, 1.807) is 6.07 Å². The van der Waals surface area contributed by atoms with Gasteiger partial charge in [0, 0.05) is 0 Å². The molecule has 1 heterocycles. The lowest BCUT2D eigenvalue weighted by Gasteiger charge is -2.23.